The zero-order valence-electron chi connectivity index (χ0n) is 12.5. The van der Waals surface area contributed by atoms with Crippen LogP contribution in [0.5, 0.6) is 0 Å². The Morgan fingerprint density at radius 2 is 2.11 bits per heavy atom. The van der Waals surface area contributed by atoms with E-state index in [4.69, 9.17) is 0 Å². The molecule has 2 N–H and O–H groups in total. The van der Waals surface area contributed by atoms with E-state index < -0.39 is 0 Å². The van der Waals surface area contributed by atoms with Crippen LogP contribution in [0.1, 0.15) is 47.0 Å². The molecule has 0 spiro atoms. The first-order valence-electron chi connectivity index (χ1n) is 7.31. The fourth-order valence-corrected chi connectivity index (χ4v) is 3.57. The van der Waals surface area contributed by atoms with Gasteiger partial charge in [0.05, 0.1) is 6.54 Å². The number of carbonyl (C=O) groups is 1. The molecule has 0 radical (unpaired) electrons. The van der Waals surface area contributed by atoms with Gasteiger partial charge < -0.3 is 10.6 Å². The molecular weight excluding hydrogens is 258 g/mol. The highest BCUT2D eigenvalue weighted by atomic mass is 32.2. The van der Waals surface area contributed by atoms with E-state index in [1.807, 2.05) is 25.6 Å². The molecule has 0 aromatic rings. The number of hydrogen-bond donors (Lipinski definition) is 2. The fraction of sp³-hybridized carbons (Fsp3) is 0.857. The van der Waals surface area contributed by atoms with E-state index in [-0.39, 0.29) is 11.9 Å². The van der Waals surface area contributed by atoms with Gasteiger partial charge in [0.1, 0.15) is 0 Å². The largest absolute Gasteiger partial charge is 0.364 e. The predicted octanol–water partition coefficient (Wildman–Crippen LogP) is 2.40. The van der Waals surface area contributed by atoms with Crippen LogP contribution in [0.4, 0.5) is 0 Å². The molecule has 0 saturated heterocycles. The van der Waals surface area contributed by atoms with Gasteiger partial charge in [0.2, 0.25) is 5.91 Å². The molecule has 0 fully saturated rings. The van der Waals surface area contributed by atoms with E-state index in [9.17, 15) is 4.79 Å². The highest BCUT2D eigenvalue weighted by Crippen LogP contribution is 2.30. The molecule has 1 amide bonds. The van der Waals surface area contributed by atoms with E-state index in [2.05, 4.69) is 29.5 Å². The second kappa shape index (κ2) is 8.46. The maximum atomic E-state index is 11.5. The van der Waals surface area contributed by atoms with Gasteiger partial charge >= 0.3 is 0 Å². The number of hydrogen-bond acceptors (Lipinski definition) is 4. The number of carbonyl (C=O) groups excluding carboxylic acids is 1. The highest BCUT2D eigenvalue weighted by Gasteiger charge is 2.25. The van der Waals surface area contributed by atoms with Gasteiger partial charge in [0.15, 0.2) is 5.17 Å². The summed E-state index contributed by atoms with van der Waals surface area (Å²) in [5.74, 6) is 0.847. The summed E-state index contributed by atoms with van der Waals surface area (Å²) in [4.78, 5) is 16.0. The van der Waals surface area contributed by atoms with Gasteiger partial charge in [-0.3, -0.25) is 9.79 Å². The Morgan fingerprint density at radius 1 is 1.42 bits per heavy atom. The van der Waals surface area contributed by atoms with Crippen molar-refractivity contribution in [2.75, 3.05) is 13.1 Å². The maximum Gasteiger partial charge on any atom is 0.221 e. The summed E-state index contributed by atoms with van der Waals surface area (Å²) < 4.78 is 0. The van der Waals surface area contributed by atoms with E-state index in [1.165, 1.54) is 12.8 Å². The smallest absolute Gasteiger partial charge is 0.221 e. The summed E-state index contributed by atoms with van der Waals surface area (Å²) in [5, 5.41) is 7.78. The number of amidine groups is 1. The monoisotopic (exact) mass is 285 g/mol. The highest BCUT2D eigenvalue weighted by molar-refractivity contribution is 8.14. The summed E-state index contributed by atoms with van der Waals surface area (Å²) in [6.07, 6.45) is 2.94. The van der Waals surface area contributed by atoms with Crippen molar-refractivity contribution < 1.29 is 4.79 Å². The first-order valence-corrected chi connectivity index (χ1v) is 8.19. The average molecular weight is 285 g/mol. The van der Waals surface area contributed by atoms with Crippen molar-refractivity contribution in [3.05, 3.63) is 0 Å². The lowest BCUT2D eigenvalue weighted by Crippen LogP contribution is -2.33. The van der Waals surface area contributed by atoms with Gasteiger partial charge in [-0.1, -0.05) is 38.5 Å². The van der Waals surface area contributed by atoms with Gasteiger partial charge in [-0.15, -0.1) is 0 Å². The van der Waals surface area contributed by atoms with Crippen LogP contribution in [0.15, 0.2) is 4.99 Å². The van der Waals surface area contributed by atoms with Crippen LogP contribution >= 0.6 is 11.8 Å². The third-order valence-electron chi connectivity index (χ3n) is 3.33. The van der Waals surface area contributed by atoms with Gasteiger partial charge in [0.25, 0.3) is 0 Å². The van der Waals surface area contributed by atoms with E-state index in [0.29, 0.717) is 18.2 Å². The van der Waals surface area contributed by atoms with E-state index in [0.717, 1.165) is 17.6 Å². The lowest BCUT2D eigenvalue weighted by Gasteiger charge is -2.18. The molecule has 0 bridgehead atoms. The number of rotatable bonds is 7. The molecule has 1 aliphatic rings. The number of thioether (sulfide) groups is 1. The van der Waals surface area contributed by atoms with Crippen molar-refractivity contribution in [2.45, 2.75) is 58.2 Å². The summed E-state index contributed by atoms with van der Waals surface area (Å²) >= 11 is 1.84. The Labute approximate surface area is 121 Å². The Balaban J connectivity index is 2.20. The number of aliphatic imine (C=N–C) groups is 1. The van der Waals surface area contributed by atoms with E-state index in [1.54, 1.807) is 0 Å². The lowest BCUT2D eigenvalue weighted by molar-refractivity contribution is -0.121. The second-order valence-electron chi connectivity index (χ2n) is 5.28. The summed E-state index contributed by atoms with van der Waals surface area (Å²) in [6.45, 7) is 10.0. The standard InChI is InChI=1S/C14H27N3OS/c1-5-11(6-2)12-9-16-14(19-12)15-8-7-13(18)17-10(3)4/h10-12H,5-9H2,1-4H3,(H,15,16)(H,17,18). The van der Waals surface area contributed by atoms with Crippen molar-refractivity contribution in [2.24, 2.45) is 10.9 Å². The molecule has 1 unspecified atom stereocenters. The Kier molecular flexibility index (Phi) is 7.28. The molecule has 19 heavy (non-hydrogen) atoms. The minimum Gasteiger partial charge on any atom is -0.364 e. The third-order valence-corrected chi connectivity index (χ3v) is 4.66. The minimum atomic E-state index is 0.0997. The van der Waals surface area contributed by atoms with Crippen molar-refractivity contribution in [3.8, 4) is 0 Å². The minimum absolute atomic E-state index is 0.0997. The van der Waals surface area contributed by atoms with Crippen LogP contribution in [0.3, 0.4) is 0 Å². The Morgan fingerprint density at radius 3 is 2.68 bits per heavy atom. The Bertz CT molecular complexity index is 314. The average Bonchev–Trinajstić information content (AvgIpc) is 2.78. The molecule has 110 valence electrons. The molecule has 5 heteroatoms. The molecule has 1 aliphatic heterocycles. The molecule has 1 rings (SSSR count). The van der Waals surface area contributed by atoms with Gasteiger partial charge in [-0.2, -0.15) is 0 Å². The third kappa shape index (κ3) is 5.85. The van der Waals surface area contributed by atoms with Crippen LogP contribution in [0.25, 0.3) is 0 Å². The van der Waals surface area contributed by atoms with Crippen molar-refractivity contribution in [1.29, 1.82) is 0 Å². The summed E-state index contributed by atoms with van der Waals surface area (Å²) in [7, 11) is 0. The lowest BCUT2D eigenvalue weighted by atomic mass is 9.99. The number of amides is 1. The second-order valence-corrected chi connectivity index (χ2v) is 6.51. The topological polar surface area (TPSA) is 53.5 Å². The summed E-state index contributed by atoms with van der Waals surface area (Å²) in [6, 6.07) is 0.213. The number of nitrogens with zero attached hydrogens (tertiary/aromatic N) is 1. The normalized spacial score (nSPS) is 18.8. The van der Waals surface area contributed by atoms with Gasteiger partial charge in [-0.25, -0.2) is 0 Å². The first-order chi connectivity index (χ1) is 9.06. The molecule has 1 heterocycles. The van der Waals surface area contributed by atoms with Crippen molar-refractivity contribution in [1.82, 2.24) is 10.6 Å². The predicted molar refractivity (Wildman–Crippen MR) is 83.7 cm³/mol. The molecule has 0 aromatic heterocycles. The van der Waals surface area contributed by atoms with Crippen LogP contribution in [-0.2, 0) is 4.79 Å². The van der Waals surface area contributed by atoms with Gasteiger partial charge in [-0.05, 0) is 19.8 Å². The molecule has 0 saturated carbocycles. The number of nitrogens with one attached hydrogen (secondary N) is 2. The fourth-order valence-electron chi connectivity index (χ4n) is 2.23. The molecule has 0 aromatic carbocycles. The zero-order valence-corrected chi connectivity index (χ0v) is 13.3. The summed E-state index contributed by atoms with van der Waals surface area (Å²) in [5.41, 5.74) is 0. The maximum absolute atomic E-state index is 11.5. The quantitative estimate of drug-likeness (QED) is 0.755. The first kappa shape index (κ1) is 16.3. The van der Waals surface area contributed by atoms with E-state index >= 15 is 0 Å². The van der Waals surface area contributed by atoms with Crippen molar-refractivity contribution in [3.63, 3.8) is 0 Å². The SMILES string of the molecule is CCC(CC)C1CN=C(NCCC(=O)NC(C)C)S1. The van der Waals surface area contributed by atoms with Crippen LogP contribution in [-0.4, -0.2) is 35.5 Å². The van der Waals surface area contributed by atoms with Crippen LogP contribution < -0.4 is 10.6 Å². The zero-order chi connectivity index (χ0) is 14.3. The van der Waals surface area contributed by atoms with Crippen molar-refractivity contribution >= 4 is 22.8 Å². The molecule has 4 nitrogen and oxygen atoms in total. The van der Waals surface area contributed by atoms with Crippen LogP contribution in [0.2, 0.25) is 0 Å². The Hall–Kier alpha value is -0.710. The van der Waals surface area contributed by atoms with Crippen LogP contribution in [0, 0.1) is 5.92 Å². The molecule has 0 aliphatic carbocycles. The molecule has 1 atom stereocenters. The van der Waals surface area contributed by atoms with Gasteiger partial charge in [0, 0.05) is 24.3 Å². The molecular formula is C14H27N3OS.